The molecular weight excluding hydrogens is 386 g/mol. The number of amides is 3. The second-order valence-electron chi connectivity index (χ2n) is 9.89. The fourth-order valence-corrected chi connectivity index (χ4v) is 4.61. The van der Waals surface area contributed by atoms with Crippen LogP contribution in [0.1, 0.15) is 72.6 Å². The molecule has 8 nitrogen and oxygen atoms in total. The molecule has 0 spiro atoms. The standard InChI is InChI=1S/C22H35N3O5/c1-5-7-16(18(26)20(28)23-14-10-11-14)24-19(27)17-15-9-6-8-13(15)12-25(17)21(29)30-22(2,3)4/h13-17H,5-12H2,1-4H3,(H,23,28)(H,24,27)/t13-,15-,16-,17-/m0/s1. The Balaban J connectivity index is 1.72. The van der Waals surface area contributed by atoms with Crippen molar-refractivity contribution < 1.29 is 23.9 Å². The van der Waals surface area contributed by atoms with Crippen LogP contribution in [0.2, 0.25) is 0 Å². The molecule has 3 aliphatic rings. The van der Waals surface area contributed by atoms with Crippen LogP contribution < -0.4 is 10.6 Å². The largest absolute Gasteiger partial charge is 0.444 e. The zero-order valence-corrected chi connectivity index (χ0v) is 18.5. The van der Waals surface area contributed by atoms with Gasteiger partial charge in [0.2, 0.25) is 11.7 Å². The highest BCUT2D eigenvalue weighted by molar-refractivity contribution is 6.38. The number of likely N-dealkylation sites (tertiary alicyclic amines) is 1. The molecule has 1 saturated heterocycles. The van der Waals surface area contributed by atoms with Crippen LogP contribution >= 0.6 is 0 Å². The van der Waals surface area contributed by atoms with Gasteiger partial charge in [0, 0.05) is 12.6 Å². The molecule has 0 unspecified atom stereocenters. The molecule has 2 aliphatic carbocycles. The zero-order chi connectivity index (χ0) is 22.1. The number of ether oxygens (including phenoxy) is 1. The van der Waals surface area contributed by atoms with Crippen molar-refractivity contribution in [2.24, 2.45) is 11.8 Å². The average molecular weight is 422 g/mol. The second kappa shape index (κ2) is 8.94. The molecule has 2 saturated carbocycles. The van der Waals surface area contributed by atoms with Crippen molar-refractivity contribution in [2.75, 3.05) is 6.54 Å². The summed E-state index contributed by atoms with van der Waals surface area (Å²) in [7, 11) is 0. The molecule has 4 atom stereocenters. The highest BCUT2D eigenvalue weighted by atomic mass is 16.6. The number of rotatable bonds is 7. The zero-order valence-electron chi connectivity index (χ0n) is 18.5. The fourth-order valence-electron chi connectivity index (χ4n) is 4.61. The smallest absolute Gasteiger partial charge is 0.410 e. The van der Waals surface area contributed by atoms with Crippen LogP contribution in [0.4, 0.5) is 4.79 Å². The van der Waals surface area contributed by atoms with E-state index in [1.165, 1.54) is 4.90 Å². The van der Waals surface area contributed by atoms with Crippen molar-refractivity contribution in [3.05, 3.63) is 0 Å². The molecule has 3 amide bonds. The fraction of sp³-hybridized carbons (Fsp3) is 0.818. The van der Waals surface area contributed by atoms with Crippen molar-refractivity contribution in [1.82, 2.24) is 15.5 Å². The van der Waals surface area contributed by atoms with Gasteiger partial charge in [0.15, 0.2) is 0 Å². The molecule has 2 N–H and O–H groups in total. The summed E-state index contributed by atoms with van der Waals surface area (Å²) in [6.45, 7) is 7.79. The van der Waals surface area contributed by atoms with E-state index >= 15 is 0 Å². The Morgan fingerprint density at radius 1 is 1.10 bits per heavy atom. The number of nitrogens with one attached hydrogen (secondary N) is 2. The van der Waals surface area contributed by atoms with Gasteiger partial charge < -0.3 is 15.4 Å². The molecule has 3 fully saturated rings. The maximum absolute atomic E-state index is 13.3. The monoisotopic (exact) mass is 421 g/mol. The summed E-state index contributed by atoms with van der Waals surface area (Å²) in [6.07, 6.45) is 5.20. The first-order valence-corrected chi connectivity index (χ1v) is 11.3. The molecule has 1 aliphatic heterocycles. The summed E-state index contributed by atoms with van der Waals surface area (Å²) in [5, 5.41) is 5.50. The predicted octanol–water partition coefficient (Wildman–Crippen LogP) is 2.15. The Kier molecular flexibility index (Phi) is 6.72. The third-order valence-electron chi connectivity index (χ3n) is 6.13. The molecule has 3 rings (SSSR count). The van der Waals surface area contributed by atoms with Crippen LogP contribution in [0.3, 0.4) is 0 Å². The highest BCUT2D eigenvalue weighted by Gasteiger charge is 2.51. The summed E-state index contributed by atoms with van der Waals surface area (Å²) in [4.78, 5) is 52.4. The van der Waals surface area contributed by atoms with Crippen LogP contribution in [0.15, 0.2) is 0 Å². The van der Waals surface area contributed by atoms with E-state index in [9.17, 15) is 19.2 Å². The number of Topliss-reactive ketones (excluding diaryl/α,β-unsaturated/α-hetero) is 1. The topological polar surface area (TPSA) is 105 Å². The lowest BCUT2D eigenvalue weighted by atomic mass is 9.93. The highest BCUT2D eigenvalue weighted by Crippen LogP contribution is 2.42. The second-order valence-corrected chi connectivity index (χ2v) is 9.89. The molecular formula is C22H35N3O5. The Morgan fingerprint density at radius 2 is 1.80 bits per heavy atom. The van der Waals surface area contributed by atoms with Gasteiger partial charge in [-0.25, -0.2) is 4.79 Å². The number of ketones is 1. The minimum atomic E-state index is -0.873. The average Bonchev–Trinajstić information content (AvgIpc) is 3.21. The number of hydrogen-bond acceptors (Lipinski definition) is 5. The lowest BCUT2D eigenvalue weighted by molar-refractivity contribution is -0.140. The van der Waals surface area contributed by atoms with E-state index in [2.05, 4.69) is 10.6 Å². The number of carbonyl (C=O) groups excluding carboxylic acids is 4. The van der Waals surface area contributed by atoms with Crippen molar-refractivity contribution in [3.63, 3.8) is 0 Å². The number of nitrogens with zero attached hydrogens (tertiary/aromatic N) is 1. The minimum absolute atomic E-state index is 0.0650. The Bertz CT molecular complexity index is 697. The van der Waals surface area contributed by atoms with E-state index in [0.717, 1.165) is 32.1 Å². The van der Waals surface area contributed by atoms with E-state index < -0.39 is 35.5 Å². The number of fused-ring (bicyclic) bond motifs is 1. The van der Waals surface area contributed by atoms with Crippen LogP contribution in [0, 0.1) is 11.8 Å². The summed E-state index contributed by atoms with van der Waals surface area (Å²) in [5.74, 6) is -1.27. The van der Waals surface area contributed by atoms with Gasteiger partial charge in [0.25, 0.3) is 5.91 Å². The van der Waals surface area contributed by atoms with Gasteiger partial charge in [0.05, 0.1) is 6.04 Å². The first kappa shape index (κ1) is 22.6. The maximum atomic E-state index is 13.3. The SMILES string of the molecule is CCC[C@H](NC(=O)[C@@H]1[C@H]2CCC[C@H]2CN1C(=O)OC(C)(C)C)C(=O)C(=O)NC1CC1. The number of carbonyl (C=O) groups is 4. The van der Waals surface area contributed by atoms with Gasteiger partial charge in [0.1, 0.15) is 11.6 Å². The first-order valence-electron chi connectivity index (χ1n) is 11.3. The molecule has 1 heterocycles. The molecule has 0 aromatic carbocycles. The van der Waals surface area contributed by atoms with E-state index in [-0.39, 0.29) is 23.8 Å². The molecule has 0 bridgehead atoms. The van der Waals surface area contributed by atoms with E-state index in [0.29, 0.717) is 19.4 Å². The van der Waals surface area contributed by atoms with Gasteiger partial charge in [-0.15, -0.1) is 0 Å². The van der Waals surface area contributed by atoms with E-state index in [1.807, 2.05) is 6.92 Å². The summed E-state index contributed by atoms with van der Waals surface area (Å²) < 4.78 is 5.53. The maximum Gasteiger partial charge on any atom is 0.410 e. The van der Waals surface area contributed by atoms with Gasteiger partial charge in [-0.05, 0) is 64.7 Å². The van der Waals surface area contributed by atoms with Gasteiger partial charge >= 0.3 is 6.09 Å². The molecule has 0 aromatic heterocycles. The van der Waals surface area contributed by atoms with Crippen molar-refractivity contribution in [2.45, 2.75) is 96.4 Å². The molecule has 30 heavy (non-hydrogen) atoms. The number of hydrogen-bond donors (Lipinski definition) is 2. The van der Waals surface area contributed by atoms with Crippen LogP contribution in [0.25, 0.3) is 0 Å². The van der Waals surface area contributed by atoms with Gasteiger partial charge in [-0.2, -0.15) is 0 Å². The van der Waals surface area contributed by atoms with Crippen molar-refractivity contribution >= 4 is 23.7 Å². The molecule has 0 aromatic rings. The van der Waals surface area contributed by atoms with Crippen LogP contribution in [-0.2, 0) is 19.1 Å². The van der Waals surface area contributed by atoms with Gasteiger partial charge in [-0.1, -0.05) is 19.8 Å². The normalized spacial score (nSPS) is 26.7. The predicted molar refractivity (Wildman–Crippen MR) is 111 cm³/mol. The third-order valence-corrected chi connectivity index (χ3v) is 6.13. The van der Waals surface area contributed by atoms with Crippen LogP contribution in [-0.4, -0.2) is 58.9 Å². The van der Waals surface area contributed by atoms with Crippen LogP contribution in [0.5, 0.6) is 0 Å². The Hall–Kier alpha value is -2.12. The third kappa shape index (κ3) is 5.32. The summed E-state index contributed by atoms with van der Waals surface area (Å²) in [6, 6.07) is -1.45. The molecule has 8 heteroatoms. The van der Waals surface area contributed by atoms with Crippen molar-refractivity contribution in [1.29, 1.82) is 0 Å². The minimum Gasteiger partial charge on any atom is -0.444 e. The van der Waals surface area contributed by atoms with E-state index in [1.54, 1.807) is 20.8 Å². The first-order chi connectivity index (χ1) is 14.1. The quantitative estimate of drug-likeness (QED) is 0.613. The molecule has 0 radical (unpaired) electrons. The Labute approximate surface area is 178 Å². The summed E-state index contributed by atoms with van der Waals surface area (Å²) in [5.41, 5.74) is -0.655. The van der Waals surface area contributed by atoms with Crippen molar-refractivity contribution in [3.8, 4) is 0 Å². The molecule has 168 valence electrons. The van der Waals surface area contributed by atoms with E-state index in [4.69, 9.17) is 4.74 Å². The Morgan fingerprint density at radius 3 is 2.40 bits per heavy atom. The van der Waals surface area contributed by atoms with Gasteiger partial charge in [-0.3, -0.25) is 19.3 Å². The lowest BCUT2D eigenvalue weighted by Crippen LogP contribution is -2.55. The lowest BCUT2D eigenvalue weighted by Gasteiger charge is -2.30. The summed E-state index contributed by atoms with van der Waals surface area (Å²) >= 11 is 0.